The summed E-state index contributed by atoms with van der Waals surface area (Å²) in [6, 6.07) is 5.73. The van der Waals surface area contributed by atoms with Crippen LogP contribution in [0.1, 0.15) is 11.8 Å². The number of nitrogens with zero attached hydrogens (tertiary/aromatic N) is 3. The molecule has 0 spiro atoms. The van der Waals surface area contributed by atoms with Crippen molar-refractivity contribution in [2.75, 3.05) is 44.7 Å². The van der Waals surface area contributed by atoms with Gasteiger partial charge in [-0.2, -0.15) is 0 Å². The summed E-state index contributed by atoms with van der Waals surface area (Å²) in [5, 5.41) is 9.68. The van der Waals surface area contributed by atoms with Crippen molar-refractivity contribution in [3.05, 3.63) is 23.9 Å². The maximum absolute atomic E-state index is 9.68. The van der Waals surface area contributed by atoms with E-state index in [0.717, 1.165) is 32.0 Å². The summed E-state index contributed by atoms with van der Waals surface area (Å²) in [6.45, 7) is 4.26. The van der Waals surface area contributed by atoms with Gasteiger partial charge in [-0.05, 0) is 19.2 Å². The lowest BCUT2D eigenvalue weighted by molar-refractivity contribution is 0.182. The van der Waals surface area contributed by atoms with Crippen LogP contribution in [0.25, 0.3) is 0 Å². The number of likely N-dealkylation sites (N-methyl/N-ethyl adjacent to an activating group) is 1. The third-order valence-electron chi connectivity index (χ3n) is 3.15. The van der Waals surface area contributed by atoms with Crippen molar-refractivity contribution >= 4 is 5.82 Å². The largest absolute Gasteiger partial charge is 0.385 e. The molecule has 0 amide bonds. The first-order chi connectivity index (χ1) is 8.20. The van der Waals surface area contributed by atoms with Crippen molar-refractivity contribution < 1.29 is 5.11 Å². The second kappa shape index (κ2) is 5.44. The van der Waals surface area contributed by atoms with Gasteiger partial charge in [-0.15, -0.1) is 0 Å². The molecule has 1 fully saturated rings. The lowest BCUT2D eigenvalue weighted by Crippen LogP contribution is -2.44. The summed E-state index contributed by atoms with van der Waals surface area (Å²) in [7, 11) is 2.12. The number of aliphatic hydroxyl groups is 1. The fourth-order valence-electron chi connectivity index (χ4n) is 1.96. The molecule has 0 radical (unpaired) electrons. The number of rotatable bonds is 3. The van der Waals surface area contributed by atoms with Crippen LogP contribution in [-0.2, 0) is 0 Å². The predicted octanol–water partition coefficient (Wildman–Crippen LogP) is -0.174. The number of hydrogen-bond acceptors (Lipinski definition) is 5. The number of nitrogens with two attached hydrogens (primary N) is 1. The van der Waals surface area contributed by atoms with Crippen LogP contribution in [0.15, 0.2) is 18.2 Å². The first kappa shape index (κ1) is 12.3. The van der Waals surface area contributed by atoms with Gasteiger partial charge < -0.3 is 20.6 Å². The molecule has 5 heteroatoms. The van der Waals surface area contributed by atoms with E-state index in [1.165, 1.54) is 0 Å². The SMILES string of the molecule is CN1CCN(c2cccc(C(O)CN)n2)CC1. The minimum absolute atomic E-state index is 0.208. The lowest BCUT2D eigenvalue weighted by Gasteiger charge is -2.33. The Kier molecular flexibility index (Phi) is 3.93. The van der Waals surface area contributed by atoms with E-state index in [4.69, 9.17) is 5.73 Å². The van der Waals surface area contributed by atoms with Crippen LogP contribution in [0.4, 0.5) is 5.82 Å². The lowest BCUT2D eigenvalue weighted by atomic mass is 10.2. The average molecular weight is 236 g/mol. The highest BCUT2D eigenvalue weighted by atomic mass is 16.3. The number of hydrogen-bond donors (Lipinski definition) is 2. The molecule has 1 aliphatic heterocycles. The van der Waals surface area contributed by atoms with Gasteiger partial charge in [0.05, 0.1) is 5.69 Å². The predicted molar refractivity (Wildman–Crippen MR) is 68.0 cm³/mol. The summed E-state index contributed by atoms with van der Waals surface area (Å²) in [4.78, 5) is 9.01. The van der Waals surface area contributed by atoms with Gasteiger partial charge in [-0.25, -0.2) is 4.98 Å². The van der Waals surface area contributed by atoms with Crippen LogP contribution < -0.4 is 10.6 Å². The van der Waals surface area contributed by atoms with E-state index in [1.54, 1.807) is 0 Å². The molecule has 3 N–H and O–H groups in total. The zero-order valence-corrected chi connectivity index (χ0v) is 10.2. The molecule has 17 heavy (non-hydrogen) atoms. The number of pyridine rings is 1. The Morgan fingerprint density at radius 3 is 2.71 bits per heavy atom. The Labute approximate surface area is 102 Å². The molecule has 1 aromatic heterocycles. The molecule has 1 aliphatic rings. The molecule has 2 rings (SSSR count). The molecule has 94 valence electrons. The van der Waals surface area contributed by atoms with Crippen LogP contribution in [0.5, 0.6) is 0 Å². The van der Waals surface area contributed by atoms with Crippen molar-refractivity contribution in [1.82, 2.24) is 9.88 Å². The second-order valence-electron chi connectivity index (χ2n) is 4.46. The average Bonchev–Trinajstić information content (AvgIpc) is 2.39. The molecular weight excluding hydrogens is 216 g/mol. The van der Waals surface area contributed by atoms with Gasteiger partial charge in [-0.1, -0.05) is 6.07 Å². The van der Waals surface area contributed by atoms with Crippen LogP contribution in [0.3, 0.4) is 0 Å². The van der Waals surface area contributed by atoms with E-state index in [9.17, 15) is 5.11 Å². The standard InChI is InChI=1S/C12H20N4O/c1-15-5-7-16(8-6-15)12-4-2-3-10(14-12)11(17)9-13/h2-4,11,17H,5-9,13H2,1H3. The quantitative estimate of drug-likeness (QED) is 0.762. The number of aromatic nitrogens is 1. The third-order valence-corrected chi connectivity index (χ3v) is 3.15. The maximum Gasteiger partial charge on any atom is 0.129 e. The maximum atomic E-state index is 9.68. The number of piperazine rings is 1. The zero-order valence-electron chi connectivity index (χ0n) is 10.2. The van der Waals surface area contributed by atoms with Gasteiger partial charge in [0.25, 0.3) is 0 Å². The third kappa shape index (κ3) is 2.94. The molecule has 0 aromatic carbocycles. The minimum atomic E-state index is -0.664. The summed E-state index contributed by atoms with van der Waals surface area (Å²) >= 11 is 0. The summed E-state index contributed by atoms with van der Waals surface area (Å²) in [5.74, 6) is 0.933. The van der Waals surface area contributed by atoms with Gasteiger partial charge in [0.2, 0.25) is 0 Å². The van der Waals surface area contributed by atoms with E-state index in [-0.39, 0.29) is 6.54 Å². The monoisotopic (exact) mass is 236 g/mol. The molecule has 1 atom stereocenters. The van der Waals surface area contributed by atoms with E-state index in [0.29, 0.717) is 5.69 Å². The highest BCUT2D eigenvalue weighted by Gasteiger charge is 2.16. The first-order valence-electron chi connectivity index (χ1n) is 5.99. The molecule has 1 aromatic rings. The van der Waals surface area contributed by atoms with Crippen molar-refractivity contribution in [2.24, 2.45) is 5.73 Å². The van der Waals surface area contributed by atoms with E-state index < -0.39 is 6.10 Å². The molecule has 0 saturated carbocycles. The molecule has 2 heterocycles. The zero-order chi connectivity index (χ0) is 12.3. The summed E-state index contributed by atoms with van der Waals surface area (Å²) < 4.78 is 0. The fourth-order valence-corrected chi connectivity index (χ4v) is 1.96. The number of anilines is 1. The van der Waals surface area contributed by atoms with Gasteiger partial charge in [-0.3, -0.25) is 0 Å². The molecule has 0 aliphatic carbocycles. The van der Waals surface area contributed by atoms with Crippen LogP contribution >= 0.6 is 0 Å². The van der Waals surface area contributed by atoms with Crippen LogP contribution in [-0.4, -0.2) is 54.8 Å². The minimum Gasteiger partial charge on any atom is -0.385 e. The van der Waals surface area contributed by atoms with Gasteiger partial charge in [0.1, 0.15) is 11.9 Å². The Balaban J connectivity index is 2.10. The van der Waals surface area contributed by atoms with Crippen LogP contribution in [0, 0.1) is 0 Å². The van der Waals surface area contributed by atoms with Crippen molar-refractivity contribution in [2.45, 2.75) is 6.10 Å². The van der Waals surface area contributed by atoms with Crippen molar-refractivity contribution in [1.29, 1.82) is 0 Å². The Bertz CT molecular complexity index is 363. The first-order valence-corrected chi connectivity index (χ1v) is 5.99. The van der Waals surface area contributed by atoms with Crippen LogP contribution in [0.2, 0.25) is 0 Å². The second-order valence-corrected chi connectivity index (χ2v) is 4.46. The van der Waals surface area contributed by atoms with E-state index in [1.807, 2.05) is 18.2 Å². The highest BCUT2D eigenvalue weighted by molar-refractivity contribution is 5.40. The smallest absolute Gasteiger partial charge is 0.129 e. The van der Waals surface area contributed by atoms with Crippen molar-refractivity contribution in [3.8, 4) is 0 Å². The molecule has 0 bridgehead atoms. The molecule has 1 unspecified atom stereocenters. The highest BCUT2D eigenvalue weighted by Crippen LogP contribution is 2.16. The molecular formula is C12H20N4O. The molecule has 1 saturated heterocycles. The molecule has 5 nitrogen and oxygen atoms in total. The Morgan fingerprint density at radius 1 is 1.35 bits per heavy atom. The Morgan fingerprint density at radius 2 is 2.06 bits per heavy atom. The fraction of sp³-hybridized carbons (Fsp3) is 0.583. The Hall–Kier alpha value is -1.17. The normalized spacial score (nSPS) is 19.4. The van der Waals surface area contributed by atoms with E-state index in [2.05, 4.69) is 21.8 Å². The summed E-state index contributed by atoms with van der Waals surface area (Å²) in [5.41, 5.74) is 6.10. The number of aliphatic hydroxyl groups excluding tert-OH is 1. The van der Waals surface area contributed by atoms with Gasteiger partial charge in [0.15, 0.2) is 0 Å². The van der Waals surface area contributed by atoms with E-state index >= 15 is 0 Å². The van der Waals surface area contributed by atoms with Gasteiger partial charge >= 0.3 is 0 Å². The summed E-state index contributed by atoms with van der Waals surface area (Å²) in [6.07, 6.45) is -0.664. The van der Waals surface area contributed by atoms with Gasteiger partial charge in [0, 0.05) is 32.7 Å². The topological polar surface area (TPSA) is 65.6 Å². The van der Waals surface area contributed by atoms with Crippen molar-refractivity contribution in [3.63, 3.8) is 0 Å².